The van der Waals surface area contributed by atoms with Gasteiger partial charge in [-0.3, -0.25) is 11.3 Å². The minimum absolute atomic E-state index is 0.183. The smallest absolute Gasteiger partial charge is 0.131 e. The summed E-state index contributed by atoms with van der Waals surface area (Å²) in [5, 5.41) is 0. The van der Waals surface area contributed by atoms with Gasteiger partial charge >= 0.3 is 0 Å². The summed E-state index contributed by atoms with van der Waals surface area (Å²) in [6.07, 6.45) is 0. The van der Waals surface area contributed by atoms with E-state index in [0.29, 0.717) is 13.2 Å². The van der Waals surface area contributed by atoms with Gasteiger partial charge < -0.3 is 9.47 Å². The molecule has 0 heterocycles. The highest BCUT2D eigenvalue weighted by Gasteiger charge is 2.15. The number of hydrogen-bond acceptors (Lipinski definition) is 4. The first kappa shape index (κ1) is 14.0. The van der Waals surface area contributed by atoms with Gasteiger partial charge in [-0.25, -0.2) is 8.78 Å². The van der Waals surface area contributed by atoms with Crippen molar-refractivity contribution in [3.63, 3.8) is 0 Å². The highest BCUT2D eigenvalue weighted by molar-refractivity contribution is 5.22. The molecular weight excluding hydrogens is 230 g/mol. The lowest BCUT2D eigenvalue weighted by Gasteiger charge is -2.17. The number of methoxy groups -OCH3 is 1. The molecule has 1 atom stereocenters. The van der Waals surface area contributed by atoms with E-state index < -0.39 is 17.7 Å². The van der Waals surface area contributed by atoms with E-state index in [4.69, 9.17) is 15.3 Å². The number of benzene rings is 1. The van der Waals surface area contributed by atoms with Gasteiger partial charge in [-0.1, -0.05) is 6.07 Å². The Morgan fingerprint density at radius 3 is 2.71 bits per heavy atom. The van der Waals surface area contributed by atoms with Crippen molar-refractivity contribution in [3.05, 3.63) is 35.4 Å². The minimum Gasteiger partial charge on any atom is -0.382 e. The van der Waals surface area contributed by atoms with Crippen molar-refractivity contribution in [1.29, 1.82) is 0 Å². The molecule has 0 spiro atoms. The molecule has 0 fully saturated rings. The largest absolute Gasteiger partial charge is 0.382 e. The lowest BCUT2D eigenvalue weighted by Crippen LogP contribution is -2.32. The number of ether oxygens (including phenoxy) is 2. The van der Waals surface area contributed by atoms with Gasteiger partial charge in [0.15, 0.2) is 0 Å². The third kappa shape index (κ3) is 4.35. The van der Waals surface area contributed by atoms with Crippen molar-refractivity contribution in [2.45, 2.75) is 6.04 Å². The van der Waals surface area contributed by atoms with Gasteiger partial charge in [0.05, 0.1) is 25.9 Å². The molecular formula is C11H16F2N2O2. The van der Waals surface area contributed by atoms with Gasteiger partial charge in [0.1, 0.15) is 11.6 Å². The summed E-state index contributed by atoms with van der Waals surface area (Å²) < 4.78 is 36.2. The maximum atomic E-state index is 13.4. The molecule has 0 amide bonds. The van der Waals surface area contributed by atoms with Crippen LogP contribution in [0, 0.1) is 11.6 Å². The van der Waals surface area contributed by atoms with Crippen molar-refractivity contribution >= 4 is 0 Å². The van der Waals surface area contributed by atoms with Crippen molar-refractivity contribution in [1.82, 2.24) is 5.43 Å². The van der Waals surface area contributed by atoms with E-state index in [1.54, 1.807) is 7.11 Å². The molecule has 3 N–H and O–H groups in total. The standard InChI is InChI=1S/C11H16F2N2O2/c1-16-4-5-17-7-11(15-14)9-3-2-8(12)6-10(9)13/h2-3,6,11,15H,4-5,7,14H2,1H3. The van der Waals surface area contributed by atoms with Crippen molar-refractivity contribution in [3.8, 4) is 0 Å². The normalized spacial score (nSPS) is 12.7. The van der Waals surface area contributed by atoms with E-state index in [-0.39, 0.29) is 12.2 Å². The van der Waals surface area contributed by atoms with Crippen LogP contribution in [-0.4, -0.2) is 26.9 Å². The maximum Gasteiger partial charge on any atom is 0.131 e. The van der Waals surface area contributed by atoms with Crippen LogP contribution < -0.4 is 11.3 Å². The van der Waals surface area contributed by atoms with Crippen LogP contribution in [0.3, 0.4) is 0 Å². The van der Waals surface area contributed by atoms with Crippen molar-refractivity contribution < 1.29 is 18.3 Å². The maximum absolute atomic E-state index is 13.4. The Morgan fingerprint density at radius 1 is 1.35 bits per heavy atom. The van der Waals surface area contributed by atoms with Gasteiger partial charge in [-0.2, -0.15) is 0 Å². The second kappa shape index (κ2) is 7.29. The van der Waals surface area contributed by atoms with Crippen molar-refractivity contribution in [2.75, 3.05) is 26.9 Å². The zero-order valence-electron chi connectivity index (χ0n) is 9.58. The summed E-state index contributed by atoms with van der Waals surface area (Å²) in [5.74, 6) is 4.03. The minimum atomic E-state index is -0.650. The van der Waals surface area contributed by atoms with Gasteiger partial charge in [-0.15, -0.1) is 0 Å². The van der Waals surface area contributed by atoms with Gasteiger partial charge in [0.2, 0.25) is 0 Å². The molecule has 96 valence electrons. The summed E-state index contributed by atoms with van der Waals surface area (Å²) in [7, 11) is 1.56. The number of hydrogen-bond donors (Lipinski definition) is 2. The third-order valence-electron chi connectivity index (χ3n) is 2.26. The fourth-order valence-electron chi connectivity index (χ4n) is 1.36. The van der Waals surface area contributed by atoms with Crippen LogP contribution in [0.4, 0.5) is 8.78 Å². The molecule has 1 unspecified atom stereocenters. The number of nitrogens with two attached hydrogens (primary N) is 1. The van der Waals surface area contributed by atoms with E-state index in [1.165, 1.54) is 12.1 Å². The van der Waals surface area contributed by atoms with Crippen LogP contribution in [0.2, 0.25) is 0 Å². The van der Waals surface area contributed by atoms with Crippen LogP contribution in [0.25, 0.3) is 0 Å². The molecule has 6 heteroatoms. The first-order valence-electron chi connectivity index (χ1n) is 5.16. The third-order valence-corrected chi connectivity index (χ3v) is 2.26. The highest BCUT2D eigenvalue weighted by Crippen LogP contribution is 2.17. The summed E-state index contributed by atoms with van der Waals surface area (Å²) in [6, 6.07) is 2.81. The molecule has 0 radical (unpaired) electrons. The van der Waals surface area contributed by atoms with Crippen LogP contribution in [0.1, 0.15) is 11.6 Å². The molecule has 0 saturated carbocycles. The Labute approximate surface area is 98.7 Å². The van der Waals surface area contributed by atoms with Gasteiger partial charge in [0.25, 0.3) is 0 Å². The Hall–Kier alpha value is -1.08. The second-order valence-corrected chi connectivity index (χ2v) is 3.45. The van der Waals surface area contributed by atoms with E-state index in [0.717, 1.165) is 6.07 Å². The van der Waals surface area contributed by atoms with E-state index in [2.05, 4.69) is 5.43 Å². The molecule has 0 bridgehead atoms. The zero-order chi connectivity index (χ0) is 12.7. The Balaban J connectivity index is 2.59. The zero-order valence-corrected chi connectivity index (χ0v) is 9.58. The Kier molecular flexibility index (Phi) is 5.99. The SMILES string of the molecule is COCCOCC(NN)c1ccc(F)cc1F. The van der Waals surface area contributed by atoms with Crippen LogP contribution in [0.15, 0.2) is 18.2 Å². The quantitative estimate of drug-likeness (QED) is 0.430. The Morgan fingerprint density at radius 2 is 2.12 bits per heavy atom. The average molecular weight is 246 g/mol. The summed E-state index contributed by atoms with van der Waals surface area (Å²) in [5.41, 5.74) is 2.70. The fraction of sp³-hybridized carbons (Fsp3) is 0.455. The summed E-state index contributed by atoms with van der Waals surface area (Å²) in [4.78, 5) is 0. The van der Waals surface area contributed by atoms with E-state index in [9.17, 15) is 8.78 Å². The predicted octanol–water partition coefficient (Wildman–Crippen LogP) is 1.13. The molecule has 0 aliphatic rings. The molecule has 4 nitrogen and oxygen atoms in total. The highest BCUT2D eigenvalue weighted by atomic mass is 19.1. The monoisotopic (exact) mass is 246 g/mol. The van der Waals surface area contributed by atoms with E-state index in [1.807, 2.05) is 0 Å². The fourth-order valence-corrected chi connectivity index (χ4v) is 1.36. The van der Waals surface area contributed by atoms with E-state index >= 15 is 0 Å². The molecule has 1 aromatic rings. The van der Waals surface area contributed by atoms with Crippen LogP contribution in [0.5, 0.6) is 0 Å². The van der Waals surface area contributed by atoms with Gasteiger partial charge in [-0.05, 0) is 6.07 Å². The van der Waals surface area contributed by atoms with Crippen molar-refractivity contribution in [2.24, 2.45) is 5.84 Å². The lowest BCUT2D eigenvalue weighted by molar-refractivity contribution is 0.0581. The molecule has 0 aliphatic carbocycles. The summed E-state index contributed by atoms with van der Waals surface area (Å²) >= 11 is 0. The molecule has 0 aromatic heterocycles. The molecule has 1 aromatic carbocycles. The molecule has 17 heavy (non-hydrogen) atoms. The molecule has 0 saturated heterocycles. The molecule has 0 aliphatic heterocycles. The second-order valence-electron chi connectivity index (χ2n) is 3.45. The lowest BCUT2D eigenvalue weighted by atomic mass is 10.1. The van der Waals surface area contributed by atoms with Crippen LogP contribution in [-0.2, 0) is 9.47 Å². The number of halogens is 2. The molecule has 1 rings (SSSR count). The number of nitrogens with one attached hydrogen (secondary N) is 1. The van der Waals surface area contributed by atoms with Crippen LogP contribution >= 0.6 is 0 Å². The first-order chi connectivity index (χ1) is 8.19. The number of hydrazine groups is 1. The average Bonchev–Trinajstić information content (AvgIpc) is 2.31. The first-order valence-corrected chi connectivity index (χ1v) is 5.16. The summed E-state index contributed by atoms with van der Waals surface area (Å²) in [6.45, 7) is 1.02. The topological polar surface area (TPSA) is 56.5 Å². The van der Waals surface area contributed by atoms with Gasteiger partial charge in [0, 0.05) is 18.7 Å². The Bertz CT molecular complexity index is 350. The number of rotatable bonds is 7. The predicted molar refractivity (Wildman–Crippen MR) is 59.1 cm³/mol.